The Morgan fingerprint density at radius 1 is 1.00 bits per heavy atom. The minimum atomic E-state index is 0.817. The highest BCUT2D eigenvalue weighted by molar-refractivity contribution is 5.22. The van der Waals surface area contributed by atoms with E-state index in [1.165, 1.54) is 11.1 Å². The fourth-order valence-corrected chi connectivity index (χ4v) is 2.72. The van der Waals surface area contributed by atoms with Crippen LogP contribution >= 0.6 is 0 Å². The Hall–Kier alpha value is -2.40. The molecule has 2 heterocycles. The van der Waals surface area contributed by atoms with E-state index in [1.54, 1.807) is 0 Å². The standard InChI is InChI=1S/C18H23N5/c1-3-22-12-10-19-18(22)15-21(2)13-16-5-7-17(8-6-16)14-23-11-4-9-20-23/h4-12H,3,13-15H2,1-2H3. The van der Waals surface area contributed by atoms with Crippen LogP contribution in [0.2, 0.25) is 0 Å². The third-order valence-corrected chi connectivity index (χ3v) is 3.93. The highest BCUT2D eigenvalue weighted by Gasteiger charge is 2.06. The lowest BCUT2D eigenvalue weighted by Gasteiger charge is -2.17. The Morgan fingerprint density at radius 2 is 1.78 bits per heavy atom. The van der Waals surface area contributed by atoms with E-state index in [0.29, 0.717) is 0 Å². The van der Waals surface area contributed by atoms with Crippen LogP contribution in [0.15, 0.2) is 55.1 Å². The zero-order valence-corrected chi connectivity index (χ0v) is 13.8. The summed E-state index contributed by atoms with van der Waals surface area (Å²) in [4.78, 5) is 6.72. The van der Waals surface area contributed by atoms with Crippen LogP contribution in [-0.2, 0) is 26.2 Å². The molecule has 0 amide bonds. The zero-order chi connectivity index (χ0) is 16.1. The molecule has 0 aliphatic heterocycles. The third kappa shape index (κ3) is 4.07. The summed E-state index contributed by atoms with van der Waals surface area (Å²) in [5, 5.41) is 4.24. The average molecular weight is 309 g/mol. The molecule has 3 rings (SSSR count). The maximum Gasteiger partial charge on any atom is 0.122 e. The van der Waals surface area contributed by atoms with Crippen LogP contribution in [0.3, 0.4) is 0 Å². The maximum absolute atomic E-state index is 4.44. The first-order chi connectivity index (χ1) is 11.2. The molecular weight excluding hydrogens is 286 g/mol. The van der Waals surface area contributed by atoms with E-state index in [4.69, 9.17) is 0 Å². The lowest BCUT2D eigenvalue weighted by Crippen LogP contribution is -2.20. The van der Waals surface area contributed by atoms with E-state index >= 15 is 0 Å². The van der Waals surface area contributed by atoms with Crippen LogP contribution in [0.25, 0.3) is 0 Å². The van der Waals surface area contributed by atoms with Crippen molar-refractivity contribution in [2.24, 2.45) is 0 Å². The molecule has 1 aromatic carbocycles. The van der Waals surface area contributed by atoms with Crippen molar-refractivity contribution in [2.45, 2.75) is 33.1 Å². The normalized spacial score (nSPS) is 11.3. The van der Waals surface area contributed by atoms with Crippen molar-refractivity contribution < 1.29 is 0 Å². The molecule has 23 heavy (non-hydrogen) atoms. The summed E-state index contributed by atoms with van der Waals surface area (Å²) in [6.07, 6.45) is 7.70. The summed E-state index contributed by atoms with van der Waals surface area (Å²) in [6.45, 7) is 5.69. The van der Waals surface area contributed by atoms with Gasteiger partial charge in [0.2, 0.25) is 0 Å². The van der Waals surface area contributed by atoms with Crippen molar-refractivity contribution in [3.05, 3.63) is 72.1 Å². The fourth-order valence-electron chi connectivity index (χ4n) is 2.72. The van der Waals surface area contributed by atoms with Crippen LogP contribution < -0.4 is 0 Å². The Labute approximate surface area is 137 Å². The van der Waals surface area contributed by atoms with Gasteiger partial charge in [-0.3, -0.25) is 9.58 Å². The Morgan fingerprint density at radius 3 is 2.48 bits per heavy atom. The van der Waals surface area contributed by atoms with Crippen molar-refractivity contribution in [3.8, 4) is 0 Å². The van der Waals surface area contributed by atoms with Crippen molar-refractivity contribution >= 4 is 0 Å². The molecule has 0 aliphatic carbocycles. The van der Waals surface area contributed by atoms with Gasteiger partial charge in [0, 0.05) is 37.9 Å². The molecule has 0 atom stereocenters. The van der Waals surface area contributed by atoms with E-state index in [2.05, 4.69) is 57.8 Å². The summed E-state index contributed by atoms with van der Waals surface area (Å²) in [5.41, 5.74) is 2.58. The number of hydrogen-bond donors (Lipinski definition) is 0. The zero-order valence-electron chi connectivity index (χ0n) is 13.8. The highest BCUT2D eigenvalue weighted by Crippen LogP contribution is 2.10. The lowest BCUT2D eigenvalue weighted by atomic mass is 10.1. The molecule has 0 fully saturated rings. The number of aryl methyl sites for hydroxylation is 1. The molecule has 2 aromatic heterocycles. The van der Waals surface area contributed by atoms with E-state index < -0.39 is 0 Å². The van der Waals surface area contributed by atoms with E-state index in [0.717, 1.165) is 32.0 Å². The number of nitrogens with zero attached hydrogens (tertiary/aromatic N) is 5. The van der Waals surface area contributed by atoms with Crippen molar-refractivity contribution in [1.29, 1.82) is 0 Å². The van der Waals surface area contributed by atoms with Gasteiger partial charge in [-0.05, 0) is 31.2 Å². The van der Waals surface area contributed by atoms with Crippen LogP contribution in [0.5, 0.6) is 0 Å². The minimum absolute atomic E-state index is 0.817. The average Bonchev–Trinajstić information content (AvgIpc) is 3.20. The van der Waals surface area contributed by atoms with Crippen LogP contribution in [0.4, 0.5) is 0 Å². The lowest BCUT2D eigenvalue weighted by molar-refractivity contribution is 0.305. The van der Waals surface area contributed by atoms with Gasteiger partial charge in [-0.25, -0.2) is 4.98 Å². The number of imidazole rings is 1. The van der Waals surface area contributed by atoms with Gasteiger partial charge < -0.3 is 4.57 Å². The second-order valence-electron chi connectivity index (χ2n) is 5.82. The highest BCUT2D eigenvalue weighted by atomic mass is 15.3. The second-order valence-corrected chi connectivity index (χ2v) is 5.82. The fraction of sp³-hybridized carbons (Fsp3) is 0.333. The number of aromatic nitrogens is 4. The van der Waals surface area contributed by atoms with E-state index in [-0.39, 0.29) is 0 Å². The van der Waals surface area contributed by atoms with Crippen molar-refractivity contribution in [2.75, 3.05) is 7.05 Å². The van der Waals surface area contributed by atoms with Crippen LogP contribution in [0.1, 0.15) is 23.9 Å². The first-order valence-corrected chi connectivity index (χ1v) is 7.98. The topological polar surface area (TPSA) is 38.9 Å². The second kappa shape index (κ2) is 7.24. The smallest absolute Gasteiger partial charge is 0.122 e. The summed E-state index contributed by atoms with van der Waals surface area (Å²) in [6, 6.07) is 10.7. The molecule has 0 unspecified atom stereocenters. The summed E-state index contributed by atoms with van der Waals surface area (Å²) >= 11 is 0. The maximum atomic E-state index is 4.44. The summed E-state index contributed by atoms with van der Waals surface area (Å²) in [7, 11) is 2.13. The molecule has 0 N–H and O–H groups in total. The first kappa shape index (κ1) is 15.5. The monoisotopic (exact) mass is 309 g/mol. The van der Waals surface area contributed by atoms with Gasteiger partial charge in [0.25, 0.3) is 0 Å². The van der Waals surface area contributed by atoms with Crippen molar-refractivity contribution in [3.63, 3.8) is 0 Å². The summed E-state index contributed by atoms with van der Waals surface area (Å²) in [5.74, 6) is 1.12. The molecule has 120 valence electrons. The molecule has 5 nitrogen and oxygen atoms in total. The van der Waals surface area contributed by atoms with Crippen molar-refractivity contribution in [1.82, 2.24) is 24.2 Å². The van der Waals surface area contributed by atoms with E-state index in [9.17, 15) is 0 Å². The van der Waals surface area contributed by atoms with Gasteiger partial charge in [-0.15, -0.1) is 0 Å². The third-order valence-electron chi connectivity index (χ3n) is 3.93. The molecule has 0 saturated carbocycles. The Kier molecular flexibility index (Phi) is 4.88. The van der Waals surface area contributed by atoms with Gasteiger partial charge in [-0.1, -0.05) is 24.3 Å². The van der Waals surface area contributed by atoms with Crippen LogP contribution in [-0.4, -0.2) is 31.3 Å². The molecule has 5 heteroatoms. The van der Waals surface area contributed by atoms with E-state index in [1.807, 2.05) is 35.5 Å². The Balaban J connectivity index is 1.57. The van der Waals surface area contributed by atoms with Gasteiger partial charge in [-0.2, -0.15) is 5.10 Å². The predicted octanol–water partition coefficient (Wildman–Crippen LogP) is 2.78. The predicted molar refractivity (Wildman–Crippen MR) is 90.8 cm³/mol. The van der Waals surface area contributed by atoms with Gasteiger partial charge >= 0.3 is 0 Å². The summed E-state index contributed by atoms with van der Waals surface area (Å²) < 4.78 is 4.12. The number of hydrogen-bond acceptors (Lipinski definition) is 3. The first-order valence-electron chi connectivity index (χ1n) is 7.98. The molecule has 0 spiro atoms. The van der Waals surface area contributed by atoms with Crippen LogP contribution in [0, 0.1) is 0 Å². The Bertz CT molecular complexity index is 712. The molecule has 0 aliphatic rings. The van der Waals surface area contributed by atoms with Gasteiger partial charge in [0.15, 0.2) is 0 Å². The molecule has 0 saturated heterocycles. The number of rotatable bonds is 7. The minimum Gasteiger partial charge on any atom is -0.334 e. The molecule has 0 radical (unpaired) electrons. The van der Waals surface area contributed by atoms with Gasteiger partial charge in [0.05, 0.1) is 13.1 Å². The SMILES string of the molecule is CCn1ccnc1CN(C)Cc1ccc(Cn2cccn2)cc1. The molecular formula is C18H23N5. The molecule has 0 bridgehead atoms. The van der Waals surface area contributed by atoms with Gasteiger partial charge in [0.1, 0.15) is 5.82 Å². The largest absolute Gasteiger partial charge is 0.334 e. The number of benzene rings is 1. The quantitative estimate of drug-likeness (QED) is 0.673. The molecule has 3 aromatic rings.